The lowest BCUT2D eigenvalue weighted by molar-refractivity contribution is -0.143. The minimum atomic E-state index is -0.726. The number of furan rings is 1. The van der Waals surface area contributed by atoms with E-state index in [1.54, 1.807) is 6.26 Å². The molecule has 35 heavy (non-hydrogen) atoms. The molecule has 0 bridgehead atoms. The van der Waals surface area contributed by atoms with Crippen molar-refractivity contribution in [3.63, 3.8) is 0 Å². The Morgan fingerprint density at radius 2 is 1.74 bits per heavy atom. The van der Waals surface area contributed by atoms with Crippen molar-refractivity contribution in [2.24, 2.45) is 11.8 Å². The Kier molecular flexibility index (Phi) is 6.80. The molecule has 2 aromatic heterocycles. The predicted molar refractivity (Wildman–Crippen MR) is 135 cm³/mol. The minimum Gasteiger partial charge on any atom is -0.481 e. The molecule has 7 heteroatoms. The summed E-state index contributed by atoms with van der Waals surface area (Å²) in [5.74, 6) is -0.793. The molecule has 2 heterocycles. The molecule has 0 aliphatic heterocycles. The van der Waals surface area contributed by atoms with Gasteiger partial charge in [-0.2, -0.15) is 0 Å². The molecule has 0 unspecified atom stereocenters. The third-order valence-corrected chi connectivity index (χ3v) is 7.54. The summed E-state index contributed by atoms with van der Waals surface area (Å²) < 4.78 is 11.6. The van der Waals surface area contributed by atoms with E-state index in [-0.39, 0.29) is 23.7 Å². The van der Waals surface area contributed by atoms with Crippen molar-refractivity contribution in [3.05, 3.63) is 45.0 Å². The van der Waals surface area contributed by atoms with Gasteiger partial charge in [0, 0.05) is 40.4 Å². The summed E-state index contributed by atoms with van der Waals surface area (Å²) in [4.78, 5) is 36.5. The number of hydrogen-bond acceptors (Lipinski definition) is 5. The van der Waals surface area contributed by atoms with Gasteiger partial charge >= 0.3 is 11.6 Å². The van der Waals surface area contributed by atoms with E-state index in [0.717, 1.165) is 45.9 Å². The fraction of sp³-hybridized carbons (Fsp3) is 0.536. The van der Waals surface area contributed by atoms with E-state index in [9.17, 15) is 14.4 Å². The van der Waals surface area contributed by atoms with E-state index in [1.807, 2.05) is 19.9 Å². The SMILES string of the molecule is Cc1c(CCC(=O)NCC2CCC(C(=O)O)CC2)c(=O)oc2c(C)c3occ(C(C)(C)C)c3cc12. The average Bonchev–Trinajstić information content (AvgIpc) is 3.24. The molecule has 4 rings (SSSR count). The van der Waals surface area contributed by atoms with Gasteiger partial charge in [-0.15, -0.1) is 0 Å². The molecular weight excluding hydrogens is 446 g/mol. The fourth-order valence-electron chi connectivity index (χ4n) is 5.26. The highest BCUT2D eigenvalue weighted by Gasteiger charge is 2.26. The number of aryl methyl sites for hydroxylation is 2. The summed E-state index contributed by atoms with van der Waals surface area (Å²) in [6.07, 6.45) is 5.22. The highest BCUT2D eigenvalue weighted by Crippen LogP contribution is 2.37. The smallest absolute Gasteiger partial charge is 0.339 e. The van der Waals surface area contributed by atoms with Crippen molar-refractivity contribution in [3.8, 4) is 0 Å². The first-order valence-corrected chi connectivity index (χ1v) is 12.4. The van der Waals surface area contributed by atoms with Gasteiger partial charge in [0.1, 0.15) is 11.2 Å². The molecule has 1 aliphatic rings. The predicted octanol–water partition coefficient (Wildman–Crippen LogP) is 5.39. The number of hydrogen-bond donors (Lipinski definition) is 2. The number of nitrogens with one attached hydrogen (secondary N) is 1. The molecule has 7 nitrogen and oxygen atoms in total. The van der Waals surface area contributed by atoms with Crippen LogP contribution in [-0.2, 0) is 21.4 Å². The van der Waals surface area contributed by atoms with Gasteiger partial charge in [-0.25, -0.2) is 4.79 Å². The van der Waals surface area contributed by atoms with Crippen LogP contribution in [0.15, 0.2) is 26.0 Å². The number of carboxylic acids is 1. The van der Waals surface area contributed by atoms with Crippen LogP contribution in [0.2, 0.25) is 0 Å². The van der Waals surface area contributed by atoms with Crippen LogP contribution in [0.25, 0.3) is 21.9 Å². The van der Waals surface area contributed by atoms with Gasteiger partial charge < -0.3 is 19.3 Å². The normalized spacial score (nSPS) is 18.8. The third kappa shape index (κ3) is 5.00. The van der Waals surface area contributed by atoms with E-state index in [2.05, 4.69) is 26.1 Å². The van der Waals surface area contributed by atoms with Crippen LogP contribution in [0.5, 0.6) is 0 Å². The van der Waals surface area contributed by atoms with E-state index in [0.29, 0.717) is 42.9 Å². The van der Waals surface area contributed by atoms with Crippen molar-refractivity contribution in [2.75, 3.05) is 6.54 Å². The Morgan fingerprint density at radius 3 is 2.37 bits per heavy atom. The molecule has 0 spiro atoms. The second kappa shape index (κ2) is 9.51. The Labute approximate surface area is 204 Å². The van der Waals surface area contributed by atoms with Gasteiger partial charge in [0.2, 0.25) is 5.91 Å². The van der Waals surface area contributed by atoms with E-state index in [4.69, 9.17) is 13.9 Å². The van der Waals surface area contributed by atoms with E-state index < -0.39 is 11.6 Å². The molecule has 1 aromatic carbocycles. The summed E-state index contributed by atoms with van der Waals surface area (Å²) in [6, 6.07) is 2.04. The zero-order valence-electron chi connectivity index (χ0n) is 21.2. The van der Waals surface area contributed by atoms with Crippen LogP contribution >= 0.6 is 0 Å². The Hall–Kier alpha value is -3.09. The summed E-state index contributed by atoms with van der Waals surface area (Å²) in [6.45, 7) is 10.8. The van der Waals surface area contributed by atoms with Crippen LogP contribution in [0, 0.1) is 25.7 Å². The van der Waals surface area contributed by atoms with Crippen molar-refractivity contribution in [2.45, 2.75) is 78.6 Å². The van der Waals surface area contributed by atoms with Crippen LogP contribution in [0.4, 0.5) is 0 Å². The lowest BCUT2D eigenvalue weighted by Crippen LogP contribution is -2.32. The number of amides is 1. The molecule has 188 valence electrons. The largest absolute Gasteiger partial charge is 0.481 e. The molecule has 1 amide bonds. The van der Waals surface area contributed by atoms with Crippen LogP contribution in [0.1, 0.15) is 75.1 Å². The third-order valence-electron chi connectivity index (χ3n) is 7.54. The number of carboxylic acid groups (broad SMARTS) is 1. The summed E-state index contributed by atoms with van der Waals surface area (Å²) >= 11 is 0. The fourth-order valence-corrected chi connectivity index (χ4v) is 5.26. The average molecular weight is 482 g/mol. The summed E-state index contributed by atoms with van der Waals surface area (Å²) in [7, 11) is 0. The maximum absolute atomic E-state index is 12.8. The highest BCUT2D eigenvalue weighted by molar-refractivity contribution is 6.00. The summed E-state index contributed by atoms with van der Waals surface area (Å²) in [5.41, 5.74) is 4.00. The quantitative estimate of drug-likeness (QED) is 0.457. The maximum atomic E-state index is 12.8. The lowest BCUT2D eigenvalue weighted by atomic mass is 9.82. The molecule has 0 atom stereocenters. The molecule has 2 N–H and O–H groups in total. The first-order chi connectivity index (χ1) is 16.5. The van der Waals surface area contributed by atoms with Crippen LogP contribution < -0.4 is 10.9 Å². The van der Waals surface area contributed by atoms with Crippen molar-refractivity contribution in [1.82, 2.24) is 5.32 Å². The molecule has 3 aromatic rings. The standard InChI is InChI=1S/C28H35NO6/c1-15-19(10-11-23(30)29-13-17-6-8-18(9-7-17)26(31)32)27(33)35-25-16(2)24-21(12-20(15)25)22(14-34-24)28(3,4)5/h12,14,17-18H,6-11,13H2,1-5H3,(H,29,30)(H,31,32). The monoisotopic (exact) mass is 481 g/mol. The molecule has 1 aliphatic carbocycles. The van der Waals surface area contributed by atoms with Gasteiger partial charge in [0.15, 0.2) is 0 Å². The first kappa shape index (κ1) is 25.0. The van der Waals surface area contributed by atoms with Crippen LogP contribution in [-0.4, -0.2) is 23.5 Å². The Bertz CT molecular complexity index is 1330. The van der Waals surface area contributed by atoms with Gasteiger partial charge in [0.25, 0.3) is 0 Å². The lowest BCUT2D eigenvalue weighted by Gasteiger charge is -2.26. The van der Waals surface area contributed by atoms with Crippen molar-refractivity contribution < 1.29 is 23.5 Å². The minimum absolute atomic E-state index is 0.0946. The number of aliphatic carboxylic acids is 1. The van der Waals surface area contributed by atoms with Gasteiger partial charge in [-0.1, -0.05) is 20.8 Å². The van der Waals surface area contributed by atoms with E-state index in [1.165, 1.54) is 0 Å². The van der Waals surface area contributed by atoms with E-state index >= 15 is 0 Å². The number of carbonyl (C=O) groups excluding carboxylic acids is 1. The topological polar surface area (TPSA) is 110 Å². The molecule has 0 radical (unpaired) electrons. The number of carbonyl (C=O) groups is 2. The zero-order chi connectivity index (χ0) is 25.5. The number of benzene rings is 1. The maximum Gasteiger partial charge on any atom is 0.339 e. The molecule has 0 saturated heterocycles. The highest BCUT2D eigenvalue weighted by atomic mass is 16.4. The molecular formula is C28H35NO6. The van der Waals surface area contributed by atoms with Crippen LogP contribution in [0.3, 0.4) is 0 Å². The second-order valence-corrected chi connectivity index (χ2v) is 11.0. The summed E-state index contributed by atoms with van der Waals surface area (Å²) in [5, 5.41) is 14.0. The second-order valence-electron chi connectivity index (χ2n) is 11.0. The van der Waals surface area contributed by atoms with Gasteiger partial charge in [0.05, 0.1) is 12.2 Å². The van der Waals surface area contributed by atoms with Gasteiger partial charge in [-0.3, -0.25) is 9.59 Å². The number of rotatable bonds is 6. The zero-order valence-corrected chi connectivity index (χ0v) is 21.2. The Balaban J connectivity index is 1.49. The first-order valence-electron chi connectivity index (χ1n) is 12.4. The molecule has 1 saturated carbocycles. The number of fused-ring (bicyclic) bond motifs is 2. The molecule has 1 fully saturated rings. The van der Waals surface area contributed by atoms with Crippen molar-refractivity contribution >= 4 is 33.8 Å². The van der Waals surface area contributed by atoms with Crippen molar-refractivity contribution in [1.29, 1.82) is 0 Å². The Morgan fingerprint density at radius 1 is 1.06 bits per heavy atom. The van der Waals surface area contributed by atoms with Gasteiger partial charge in [-0.05, 0) is 68.9 Å².